The van der Waals surface area contributed by atoms with Crippen LogP contribution in [-0.2, 0) is 14.2 Å². The normalized spacial score (nSPS) is 26.9. The van der Waals surface area contributed by atoms with Crippen molar-refractivity contribution in [3.05, 3.63) is 35.9 Å². The summed E-state index contributed by atoms with van der Waals surface area (Å²) in [6.07, 6.45) is -1.41. The Hall–Kier alpha value is -1.02. The summed E-state index contributed by atoms with van der Waals surface area (Å²) in [7, 11) is 0. The van der Waals surface area contributed by atoms with E-state index in [2.05, 4.69) is 6.92 Å². The molecule has 6 nitrogen and oxygen atoms in total. The van der Waals surface area contributed by atoms with Gasteiger partial charge in [0.15, 0.2) is 6.29 Å². The fraction of sp³-hybridized carbons (Fsp3) is 0.667. The zero-order valence-corrected chi connectivity index (χ0v) is 14.1. The van der Waals surface area contributed by atoms with Gasteiger partial charge in [0.2, 0.25) is 0 Å². The SMILES string of the molecule is CCCCO[C@H](C[C@H](O)CO)[C@@H]1OC(c2ccccc2)OC[C@H]1O. The van der Waals surface area contributed by atoms with E-state index in [0.717, 1.165) is 18.4 Å². The van der Waals surface area contributed by atoms with E-state index >= 15 is 0 Å². The van der Waals surface area contributed by atoms with Gasteiger partial charge >= 0.3 is 0 Å². The van der Waals surface area contributed by atoms with E-state index < -0.39 is 30.7 Å². The Bertz CT molecular complexity index is 454. The van der Waals surface area contributed by atoms with Crippen LogP contribution >= 0.6 is 0 Å². The number of hydrogen-bond acceptors (Lipinski definition) is 6. The van der Waals surface area contributed by atoms with Crippen LogP contribution in [0.4, 0.5) is 0 Å². The summed E-state index contributed by atoms with van der Waals surface area (Å²) in [6.45, 7) is 2.36. The van der Waals surface area contributed by atoms with Crippen molar-refractivity contribution in [1.29, 1.82) is 0 Å². The quantitative estimate of drug-likeness (QED) is 0.589. The number of ether oxygens (including phenoxy) is 3. The predicted octanol–water partition coefficient (Wildman–Crippen LogP) is 1.39. The van der Waals surface area contributed by atoms with Gasteiger partial charge < -0.3 is 29.5 Å². The lowest BCUT2D eigenvalue weighted by molar-refractivity contribution is -0.282. The minimum atomic E-state index is -0.912. The topological polar surface area (TPSA) is 88.4 Å². The molecule has 1 aromatic carbocycles. The summed E-state index contributed by atoms with van der Waals surface area (Å²) in [4.78, 5) is 0. The Morgan fingerprint density at radius 3 is 2.71 bits per heavy atom. The first-order valence-electron chi connectivity index (χ1n) is 8.56. The van der Waals surface area contributed by atoms with E-state index in [1.165, 1.54) is 0 Å². The third kappa shape index (κ3) is 5.51. The molecule has 24 heavy (non-hydrogen) atoms. The predicted molar refractivity (Wildman–Crippen MR) is 88.4 cm³/mol. The summed E-state index contributed by atoms with van der Waals surface area (Å²) in [5.41, 5.74) is 0.865. The second-order valence-electron chi connectivity index (χ2n) is 6.08. The molecule has 0 amide bonds. The summed E-state index contributed by atoms with van der Waals surface area (Å²) in [5, 5.41) is 29.2. The van der Waals surface area contributed by atoms with Crippen LogP contribution in [0.5, 0.6) is 0 Å². The van der Waals surface area contributed by atoms with Gasteiger partial charge in [0.1, 0.15) is 12.2 Å². The zero-order valence-electron chi connectivity index (χ0n) is 14.1. The van der Waals surface area contributed by atoms with E-state index in [1.807, 2.05) is 30.3 Å². The lowest BCUT2D eigenvalue weighted by atomic mass is 10.0. The van der Waals surface area contributed by atoms with Crippen LogP contribution in [0.1, 0.15) is 38.0 Å². The molecule has 2 rings (SSSR count). The lowest BCUT2D eigenvalue weighted by Gasteiger charge is -2.38. The van der Waals surface area contributed by atoms with Gasteiger partial charge in [0.25, 0.3) is 0 Å². The van der Waals surface area contributed by atoms with Crippen molar-refractivity contribution in [3.8, 4) is 0 Å². The molecule has 0 radical (unpaired) electrons. The highest BCUT2D eigenvalue weighted by Gasteiger charge is 2.38. The highest BCUT2D eigenvalue weighted by molar-refractivity contribution is 5.16. The van der Waals surface area contributed by atoms with E-state index in [-0.39, 0.29) is 19.6 Å². The van der Waals surface area contributed by atoms with Gasteiger partial charge in [-0.3, -0.25) is 0 Å². The fourth-order valence-electron chi connectivity index (χ4n) is 2.69. The van der Waals surface area contributed by atoms with Gasteiger partial charge in [-0.05, 0) is 6.42 Å². The maximum absolute atomic E-state index is 10.3. The van der Waals surface area contributed by atoms with Gasteiger partial charge in [-0.1, -0.05) is 43.7 Å². The van der Waals surface area contributed by atoms with Gasteiger partial charge in [-0.25, -0.2) is 0 Å². The summed E-state index contributed by atoms with van der Waals surface area (Å²) >= 11 is 0. The number of benzene rings is 1. The van der Waals surface area contributed by atoms with Crippen molar-refractivity contribution in [1.82, 2.24) is 0 Å². The second-order valence-corrected chi connectivity index (χ2v) is 6.08. The number of hydrogen-bond donors (Lipinski definition) is 3. The standard InChI is InChI=1S/C18H28O6/c1-2-3-9-22-16(10-14(20)11-19)17-15(21)12-23-18(24-17)13-7-5-4-6-8-13/h4-8,14-21H,2-3,9-12H2,1H3/t14-,15+,16+,17+,18?/m0/s1. The van der Waals surface area contributed by atoms with Crippen LogP contribution in [-0.4, -0.2) is 59.6 Å². The van der Waals surface area contributed by atoms with Crippen LogP contribution in [0, 0.1) is 0 Å². The zero-order chi connectivity index (χ0) is 17.4. The molecule has 1 fully saturated rings. The molecule has 0 bridgehead atoms. The minimum Gasteiger partial charge on any atom is -0.394 e. The maximum atomic E-state index is 10.3. The Labute approximate surface area is 143 Å². The average molecular weight is 340 g/mol. The highest BCUT2D eigenvalue weighted by Crippen LogP contribution is 2.30. The first-order chi connectivity index (χ1) is 11.7. The molecule has 6 heteroatoms. The van der Waals surface area contributed by atoms with E-state index in [1.54, 1.807) is 0 Å². The molecular weight excluding hydrogens is 312 g/mol. The van der Waals surface area contributed by atoms with E-state index in [0.29, 0.717) is 6.61 Å². The molecule has 1 saturated heterocycles. The van der Waals surface area contributed by atoms with Crippen molar-refractivity contribution >= 4 is 0 Å². The van der Waals surface area contributed by atoms with Gasteiger partial charge in [0.05, 0.1) is 25.4 Å². The first kappa shape index (κ1) is 19.3. The molecule has 1 unspecified atom stereocenters. The lowest BCUT2D eigenvalue weighted by Crippen LogP contribution is -2.49. The molecule has 1 aliphatic heterocycles. The Morgan fingerprint density at radius 2 is 2.04 bits per heavy atom. The number of unbranched alkanes of at least 4 members (excludes halogenated alkanes) is 1. The minimum absolute atomic E-state index is 0.132. The van der Waals surface area contributed by atoms with Crippen molar-refractivity contribution in [3.63, 3.8) is 0 Å². The molecule has 5 atom stereocenters. The van der Waals surface area contributed by atoms with Gasteiger partial charge in [0, 0.05) is 18.6 Å². The van der Waals surface area contributed by atoms with Crippen LogP contribution in [0.15, 0.2) is 30.3 Å². The molecule has 0 aliphatic carbocycles. The summed E-state index contributed by atoms with van der Waals surface area (Å²) in [5.74, 6) is 0. The molecule has 1 aromatic rings. The third-order valence-electron chi connectivity index (χ3n) is 4.06. The van der Waals surface area contributed by atoms with E-state index in [4.69, 9.17) is 19.3 Å². The molecule has 0 aromatic heterocycles. The van der Waals surface area contributed by atoms with Crippen molar-refractivity contribution in [2.75, 3.05) is 19.8 Å². The Morgan fingerprint density at radius 1 is 1.29 bits per heavy atom. The first-order valence-corrected chi connectivity index (χ1v) is 8.56. The van der Waals surface area contributed by atoms with Gasteiger partial charge in [-0.15, -0.1) is 0 Å². The molecule has 3 N–H and O–H groups in total. The number of aliphatic hydroxyl groups is 3. The Kier molecular flexibility index (Phi) is 8.11. The largest absolute Gasteiger partial charge is 0.394 e. The summed E-state index contributed by atoms with van der Waals surface area (Å²) in [6, 6.07) is 9.50. The smallest absolute Gasteiger partial charge is 0.184 e. The van der Waals surface area contributed by atoms with Crippen LogP contribution < -0.4 is 0 Å². The van der Waals surface area contributed by atoms with E-state index in [9.17, 15) is 10.2 Å². The summed E-state index contributed by atoms with van der Waals surface area (Å²) < 4.78 is 17.3. The second kappa shape index (κ2) is 10.1. The van der Waals surface area contributed by atoms with Crippen LogP contribution in [0.25, 0.3) is 0 Å². The molecule has 1 aliphatic rings. The third-order valence-corrected chi connectivity index (χ3v) is 4.06. The van der Waals surface area contributed by atoms with Crippen molar-refractivity contribution in [2.24, 2.45) is 0 Å². The maximum Gasteiger partial charge on any atom is 0.184 e. The monoisotopic (exact) mass is 340 g/mol. The Balaban J connectivity index is 2.06. The molecule has 0 saturated carbocycles. The number of aliphatic hydroxyl groups excluding tert-OH is 3. The molecule has 1 heterocycles. The highest BCUT2D eigenvalue weighted by atomic mass is 16.7. The molecular formula is C18H28O6. The van der Waals surface area contributed by atoms with Crippen LogP contribution in [0.2, 0.25) is 0 Å². The van der Waals surface area contributed by atoms with Crippen LogP contribution in [0.3, 0.4) is 0 Å². The number of rotatable bonds is 9. The van der Waals surface area contributed by atoms with Gasteiger partial charge in [-0.2, -0.15) is 0 Å². The van der Waals surface area contributed by atoms with Crippen molar-refractivity contribution in [2.45, 2.75) is 56.9 Å². The van der Waals surface area contributed by atoms with Crippen molar-refractivity contribution < 1.29 is 29.5 Å². The average Bonchev–Trinajstić information content (AvgIpc) is 2.62. The molecule has 0 spiro atoms. The fourth-order valence-corrected chi connectivity index (χ4v) is 2.69. The molecule has 136 valence electrons.